The van der Waals surface area contributed by atoms with Gasteiger partial charge >= 0.3 is 0 Å². The highest BCUT2D eigenvalue weighted by atomic mass is 19.3. The number of likely N-dealkylation sites (N-methyl/N-ethyl adjacent to an activating group) is 2. The van der Waals surface area contributed by atoms with Gasteiger partial charge in [0.25, 0.3) is 11.8 Å². The molecule has 0 aliphatic rings. The summed E-state index contributed by atoms with van der Waals surface area (Å²) in [7, 11) is 1.76. The third kappa shape index (κ3) is 5.06. The monoisotopic (exact) mass is 443 g/mol. The van der Waals surface area contributed by atoms with Crippen LogP contribution in [0.25, 0.3) is 5.69 Å². The molecule has 0 radical (unpaired) electrons. The number of amides is 1. The van der Waals surface area contributed by atoms with E-state index in [9.17, 15) is 13.6 Å². The molecule has 2 aromatic heterocycles. The van der Waals surface area contributed by atoms with Crippen molar-refractivity contribution in [3.8, 4) is 5.69 Å². The fourth-order valence-electron chi connectivity index (χ4n) is 3.47. The first-order valence-electron chi connectivity index (χ1n) is 10.3. The second kappa shape index (κ2) is 9.37. The van der Waals surface area contributed by atoms with E-state index in [4.69, 9.17) is 0 Å². The first-order chi connectivity index (χ1) is 15.1. The first kappa shape index (κ1) is 23.2. The van der Waals surface area contributed by atoms with Crippen molar-refractivity contribution in [2.24, 2.45) is 0 Å². The highest BCUT2D eigenvalue weighted by Gasteiger charge is 2.27. The van der Waals surface area contributed by atoms with Crippen molar-refractivity contribution >= 4 is 11.9 Å². The summed E-state index contributed by atoms with van der Waals surface area (Å²) in [5, 5.41) is 8.32. The predicted octanol–water partition coefficient (Wildman–Crippen LogP) is 3.46. The fourth-order valence-corrected chi connectivity index (χ4v) is 3.47. The number of nitrogens with zero attached hydrogens (tertiary/aromatic N) is 7. The zero-order valence-electron chi connectivity index (χ0n) is 18.8. The summed E-state index contributed by atoms with van der Waals surface area (Å²) in [5.41, 5.74) is 1.81. The molecule has 0 N–H and O–H groups in total. The molecule has 2 heterocycles. The average molecular weight is 444 g/mol. The van der Waals surface area contributed by atoms with Crippen LogP contribution in [-0.4, -0.2) is 61.9 Å². The minimum absolute atomic E-state index is 0.147. The van der Waals surface area contributed by atoms with E-state index in [1.54, 1.807) is 29.2 Å². The van der Waals surface area contributed by atoms with Crippen LogP contribution in [0.5, 0.6) is 0 Å². The molecule has 170 valence electrons. The second-order valence-electron chi connectivity index (χ2n) is 7.82. The molecule has 1 aromatic carbocycles. The molecule has 0 saturated carbocycles. The summed E-state index contributed by atoms with van der Waals surface area (Å²) in [4.78, 5) is 26.5. The Morgan fingerprint density at radius 3 is 2.38 bits per heavy atom. The SMILES string of the molecule is CCN(C(=O)c1cc(C)ccc1-n1nccn1)[C@@H](C)CN(C)c1ncc(C(C)(F)F)cn1. The lowest BCUT2D eigenvalue weighted by atomic mass is 10.1. The molecule has 10 heteroatoms. The van der Waals surface area contributed by atoms with E-state index in [0.29, 0.717) is 30.3 Å². The van der Waals surface area contributed by atoms with Gasteiger partial charge in [-0.15, -0.1) is 0 Å². The van der Waals surface area contributed by atoms with Gasteiger partial charge in [-0.25, -0.2) is 18.7 Å². The van der Waals surface area contributed by atoms with E-state index >= 15 is 0 Å². The lowest BCUT2D eigenvalue weighted by molar-refractivity contribution is 0.0167. The quantitative estimate of drug-likeness (QED) is 0.530. The number of rotatable bonds is 8. The van der Waals surface area contributed by atoms with Crippen molar-refractivity contribution in [3.05, 3.63) is 59.7 Å². The van der Waals surface area contributed by atoms with Crippen LogP contribution in [0.3, 0.4) is 0 Å². The molecular formula is C22H27F2N7O. The molecule has 0 unspecified atom stereocenters. The van der Waals surface area contributed by atoms with E-state index in [1.807, 2.05) is 39.0 Å². The van der Waals surface area contributed by atoms with Gasteiger partial charge in [0.15, 0.2) is 0 Å². The zero-order chi connectivity index (χ0) is 23.5. The Hall–Kier alpha value is -3.43. The van der Waals surface area contributed by atoms with Crippen molar-refractivity contribution in [2.75, 3.05) is 25.0 Å². The number of aromatic nitrogens is 5. The van der Waals surface area contributed by atoms with Gasteiger partial charge in [-0.05, 0) is 32.9 Å². The average Bonchev–Trinajstić information content (AvgIpc) is 3.28. The van der Waals surface area contributed by atoms with Gasteiger partial charge in [-0.2, -0.15) is 15.0 Å². The number of hydrogen-bond donors (Lipinski definition) is 0. The van der Waals surface area contributed by atoms with Gasteiger partial charge in [0.2, 0.25) is 5.95 Å². The van der Waals surface area contributed by atoms with Crippen molar-refractivity contribution in [1.82, 2.24) is 29.9 Å². The van der Waals surface area contributed by atoms with Crippen LogP contribution >= 0.6 is 0 Å². The van der Waals surface area contributed by atoms with Crippen LogP contribution < -0.4 is 4.90 Å². The van der Waals surface area contributed by atoms with Crippen molar-refractivity contribution in [2.45, 2.75) is 39.7 Å². The number of benzene rings is 1. The lowest BCUT2D eigenvalue weighted by Gasteiger charge is -2.32. The smallest absolute Gasteiger partial charge is 0.273 e. The number of anilines is 1. The molecule has 3 aromatic rings. The minimum Gasteiger partial charge on any atom is -0.342 e. The Labute approximate surface area is 185 Å². The second-order valence-corrected chi connectivity index (χ2v) is 7.82. The fraction of sp³-hybridized carbons (Fsp3) is 0.409. The molecular weight excluding hydrogens is 416 g/mol. The number of alkyl halides is 2. The predicted molar refractivity (Wildman–Crippen MR) is 117 cm³/mol. The molecule has 0 aliphatic carbocycles. The molecule has 8 nitrogen and oxygen atoms in total. The van der Waals surface area contributed by atoms with E-state index in [1.165, 1.54) is 4.80 Å². The number of carbonyl (C=O) groups is 1. The maximum Gasteiger partial charge on any atom is 0.273 e. The Kier molecular flexibility index (Phi) is 6.81. The van der Waals surface area contributed by atoms with E-state index in [2.05, 4.69) is 20.2 Å². The molecule has 32 heavy (non-hydrogen) atoms. The molecule has 0 spiro atoms. The van der Waals surface area contributed by atoms with Gasteiger partial charge in [0.05, 0.1) is 29.2 Å². The van der Waals surface area contributed by atoms with E-state index in [-0.39, 0.29) is 17.5 Å². The van der Waals surface area contributed by atoms with Crippen LogP contribution in [0.1, 0.15) is 42.3 Å². The summed E-state index contributed by atoms with van der Waals surface area (Å²) in [5.74, 6) is -2.83. The minimum atomic E-state index is -3.00. The molecule has 0 aliphatic heterocycles. The maximum absolute atomic E-state index is 13.5. The highest BCUT2D eigenvalue weighted by molar-refractivity contribution is 5.98. The maximum atomic E-state index is 13.5. The topological polar surface area (TPSA) is 80.0 Å². The first-order valence-corrected chi connectivity index (χ1v) is 10.3. The number of carbonyl (C=O) groups excluding carboxylic acids is 1. The summed E-state index contributed by atoms with van der Waals surface area (Å²) in [6, 6.07) is 5.36. The van der Waals surface area contributed by atoms with Gasteiger partial charge in [0.1, 0.15) is 0 Å². The van der Waals surface area contributed by atoms with Crippen molar-refractivity contribution in [1.29, 1.82) is 0 Å². The Morgan fingerprint density at radius 2 is 1.81 bits per heavy atom. The van der Waals surface area contributed by atoms with Crippen LogP contribution in [-0.2, 0) is 5.92 Å². The molecule has 1 amide bonds. The van der Waals surface area contributed by atoms with Crippen LogP contribution in [0, 0.1) is 6.92 Å². The Bertz CT molecular complexity index is 1050. The van der Waals surface area contributed by atoms with Gasteiger partial charge < -0.3 is 9.80 Å². The molecule has 3 rings (SSSR count). The molecule has 0 bridgehead atoms. The zero-order valence-corrected chi connectivity index (χ0v) is 18.8. The van der Waals surface area contributed by atoms with Gasteiger partial charge in [0, 0.05) is 45.5 Å². The van der Waals surface area contributed by atoms with E-state index in [0.717, 1.165) is 24.9 Å². The summed E-state index contributed by atoms with van der Waals surface area (Å²) in [6.07, 6.45) is 5.37. The third-order valence-electron chi connectivity index (χ3n) is 5.17. The number of aryl methyl sites for hydroxylation is 1. The van der Waals surface area contributed by atoms with Crippen LogP contribution in [0.15, 0.2) is 43.0 Å². The number of hydrogen-bond acceptors (Lipinski definition) is 6. The Morgan fingerprint density at radius 1 is 1.19 bits per heavy atom. The normalized spacial score (nSPS) is 12.5. The summed E-state index contributed by atoms with van der Waals surface area (Å²) >= 11 is 0. The van der Waals surface area contributed by atoms with Gasteiger partial charge in [-0.1, -0.05) is 11.6 Å². The largest absolute Gasteiger partial charge is 0.342 e. The van der Waals surface area contributed by atoms with Crippen molar-refractivity contribution in [3.63, 3.8) is 0 Å². The Balaban J connectivity index is 1.80. The highest BCUT2D eigenvalue weighted by Crippen LogP contribution is 2.26. The number of halogens is 2. The van der Waals surface area contributed by atoms with Crippen molar-refractivity contribution < 1.29 is 13.6 Å². The van der Waals surface area contributed by atoms with Crippen LogP contribution in [0.4, 0.5) is 14.7 Å². The molecule has 1 atom stereocenters. The van der Waals surface area contributed by atoms with Gasteiger partial charge in [-0.3, -0.25) is 4.79 Å². The summed E-state index contributed by atoms with van der Waals surface area (Å²) < 4.78 is 26.8. The lowest BCUT2D eigenvalue weighted by Crippen LogP contribution is -2.45. The molecule has 0 saturated heterocycles. The third-order valence-corrected chi connectivity index (χ3v) is 5.17. The van der Waals surface area contributed by atoms with E-state index < -0.39 is 5.92 Å². The standard InChI is InChI=1S/C22H27F2N7O/c1-6-30(16(3)14-29(5)21-25-12-17(13-26-21)22(4,23)24)20(32)18-11-15(2)7-8-19(18)31-27-9-10-28-31/h7-13,16H,6,14H2,1-5H3/t16-/m0/s1. The molecule has 0 fully saturated rings. The summed E-state index contributed by atoms with van der Waals surface area (Å²) in [6.45, 7) is 7.46. The van der Waals surface area contributed by atoms with Crippen LogP contribution in [0.2, 0.25) is 0 Å².